The molecule has 19 heavy (non-hydrogen) atoms. The predicted octanol–water partition coefficient (Wildman–Crippen LogP) is 2.25. The smallest absolute Gasteiger partial charge is 0.276 e. The molecule has 0 saturated carbocycles. The summed E-state index contributed by atoms with van der Waals surface area (Å²) in [6, 6.07) is 0. The Kier molecular flexibility index (Phi) is 8.66. The Balaban J connectivity index is 0.00000324. The molecule has 0 radical (unpaired) electrons. The van der Waals surface area contributed by atoms with Crippen LogP contribution in [-0.2, 0) is 14.4 Å². The monoisotopic (exact) mass is 345 g/mol. The van der Waals surface area contributed by atoms with E-state index in [1.54, 1.807) is 6.92 Å². The lowest BCUT2D eigenvalue weighted by molar-refractivity contribution is -0.114. The van der Waals surface area contributed by atoms with Gasteiger partial charge in [-0.05, 0) is 18.5 Å². The summed E-state index contributed by atoms with van der Waals surface area (Å²) in [5, 5.41) is 7.06. The van der Waals surface area contributed by atoms with Gasteiger partial charge in [0.05, 0.1) is 0 Å². The SMILES string of the molecule is CCO/N=C(\C(=O)Cl)c1csc(NC(=O)CCl)n1.Cl. The van der Waals surface area contributed by atoms with Gasteiger partial charge in [0, 0.05) is 5.38 Å². The van der Waals surface area contributed by atoms with E-state index in [0.29, 0.717) is 11.7 Å². The van der Waals surface area contributed by atoms with E-state index in [9.17, 15) is 9.59 Å². The minimum Gasteiger partial charge on any atom is -0.395 e. The van der Waals surface area contributed by atoms with Crippen molar-refractivity contribution in [2.45, 2.75) is 6.92 Å². The van der Waals surface area contributed by atoms with Crippen molar-refractivity contribution in [1.82, 2.24) is 4.98 Å². The Hall–Kier alpha value is -0.890. The van der Waals surface area contributed by atoms with Crippen LogP contribution >= 0.6 is 46.9 Å². The number of nitrogens with zero attached hydrogens (tertiary/aromatic N) is 2. The minimum absolute atomic E-state index is 0. The highest BCUT2D eigenvalue weighted by atomic mass is 35.5. The van der Waals surface area contributed by atoms with Crippen molar-refractivity contribution in [3.8, 4) is 0 Å². The van der Waals surface area contributed by atoms with Gasteiger partial charge in [-0.3, -0.25) is 9.59 Å². The fourth-order valence-corrected chi connectivity index (χ4v) is 1.81. The van der Waals surface area contributed by atoms with Crippen LogP contribution in [-0.4, -0.2) is 34.3 Å². The largest absolute Gasteiger partial charge is 0.395 e. The first-order valence-corrected chi connectivity index (χ1v) is 6.59. The summed E-state index contributed by atoms with van der Waals surface area (Å²) >= 11 is 11.8. The third-order valence-electron chi connectivity index (χ3n) is 1.59. The lowest BCUT2D eigenvalue weighted by Crippen LogP contribution is -2.14. The minimum atomic E-state index is -0.788. The number of halogens is 3. The summed E-state index contributed by atoms with van der Waals surface area (Å²) in [7, 11) is 0. The van der Waals surface area contributed by atoms with E-state index in [0.717, 1.165) is 11.3 Å². The zero-order chi connectivity index (χ0) is 13.5. The van der Waals surface area contributed by atoms with Crippen LogP contribution in [0.5, 0.6) is 0 Å². The molecule has 1 amide bonds. The second-order valence-electron chi connectivity index (χ2n) is 2.85. The number of amides is 1. The summed E-state index contributed by atoms with van der Waals surface area (Å²) in [6.07, 6.45) is 0. The van der Waals surface area contributed by atoms with Gasteiger partial charge in [-0.15, -0.1) is 35.3 Å². The molecule has 0 unspecified atom stereocenters. The van der Waals surface area contributed by atoms with Crippen LogP contribution in [0.4, 0.5) is 5.13 Å². The fraction of sp³-hybridized carbons (Fsp3) is 0.333. The van der Waals surface area contributed by atoms with Gasteiger partial charge >= 0.3 is 0 Å². The third-order valence-corrected chi connectivity index (χ3v) is 2.77. The number of rotatable bonds is 6. The van der Waals surface area contributed by atoms with Crippen molar-refractivity contribution in [1.29, 1.82) is 0 Å². The van der Waals surface area contributed by atoms with Gasteiger partial charge in [0.25, 0.3) is 5.24 Å². The Morgan fingerprint density at radius 3 is 2.79 bits per heavy atom. The molecule has 0 aliphatic heterocycles. The number of hydrogen-bond donors (Lipinski definition) is 1. The first kappa shape index (κ1) is 18.1. The molecular weight excluding hydrogens is 337 g/mol. The van der Waals surface area contributed by atoms with Gasteiger partial charge in [0.1, 0.15) is 18.2 Å². The summed E-state index contributed by atoms with van der Waals surface area (Å²) in [4.78, 5) is 30.9. The molecule has 6 nitrogen and oxygen atoms in total. The summed E-state index contributed by atoms with van der Waals surface area (Å²) < 4.78 is 0. The number of carbonyl (C=O) groups excluding carboxylic acids is 2. The Labute approximate surface area is 129 Å². The van der Waals surface area contributed by atoms with Gasteiger partial charge in [-0.1, -0.05) is 5.16 Å². The summed E-state index contributed by atoms with van der Waals surface area (Å²) in [5.74, 6) is -0.568. The van der Waals surface area contributed by atoms with Gasteiger partial charge in [0.15, 0.2) is 10.8 Å². The second-order valence-corrected chi connectivity index (χ2v) is 4.32. The molecular formula is C9H10Cl3N3O3S. The number of thiazole rings is 1. The molecule has 0 aliphatic rings. The van der Waals surface area contributed by atoms with Crippen LogP contribution in [0, 0.1) is 0 Å². The molecule has 0 saturated heterocycles. The molecule has 10 heteroatoms. The first-order chi connectivity index (χ1) is 8.58. The average Bonchev–Trinajstić information content (AvgIpc) is 2.77. The molecule has 0 fully saturated rings. The lowest BCUT2D eigenvalue weighted by atomic mass is 10.3. The normalized spacial score (nSPS) is 10.6. The van der Waals surface area contributed by atoms with Gasteiger partial charge in [-0.25, -0.2) is 4.98 Å². The highest BCUT2D eigenvalue weighted by Crippen LogP contribution is 2.17. The van der Waals surface area contributed by atoms with E-state index in [1.165, 1.54) is 5.38 Å². The molecule has 0 bridgehead atoms. The number of anilines is 1. The van der Waals surface area contributed by atoms with Crippen molar-refractivity contribution in [3.63, 3.8) is 0 Å². The highest BCUT2D eigenvalue weighted by molar-refractivity contribution is 7.14. The molecule has 1 aromatic heterocycles. The van der Waals surface area contributed by atoms with Crippen molar-refractivity contribution in [3.05, 3.63) is 11.1 Å². The summed E-state index contributed by atoms with van der Waals surface area (Å²) in [5.41, 5.74) is 0.125. The van der Waals surface area contributed by atoms with Crippen LogP contribution in [0.3, 0.4) is 0 Å². The molecule has 1 N–H and O–H groups in total. The molecule has 0 aromatic carbocycles. The number of carbonyl (C=O) groups is 2. The zero-order valence-corrected chi connectivity index (χ0v) is 12.8. The van der Waals surface area contributed by atoms with Crippen LogP contribution in [0.15, 0.2) is 10.5 Å². The Morgan fingerprint density at radius 1 is 1.58 bits per heavy atom. The molecule has 1 heterocycles. The van der Waals surface area contributed by atoms with E-state index in [2.05, 4.69) is 15.5 Å². The van der Waals surface area contributed by atoms with E-state index >= 15 is 0 Å². The predicted molar refractivity (Wildman–Crippen MR) is 77.7 cm³/mol. The van der Waals surface area contributed by atoms with Crippen LogP contribution in [0.25, 0.3) is 0 Å². The van der Waals surface area contributed by atoms with Gasteiger partial charge < -0.3 is 10.2 Å². The molecule has 0 atom stereocenters. The number of nitrogens with one attached hydrogen (secondary N) is 1. The van der Waals surface area contributed by atoms with Crippen LogP contribution in [0.2, 0.25) is 0 Å². The van der Waals surface area contributed by atoms with Crippen molar-refractivity contribution in [2.75, 3.05) is 17.8 Å². The van der Waals surface area contributed by atoms with Crippen molar-refractivity contribution < 1.29 is 14.4 Å². The Bertz CT molecular complexity index is 478. The lowest BCUT2D eigenvalue weighted by Gasteiger charge is -1.98. The number of aromatic nitrogens is 1. The maximum absolute atomic E-state index is 11.1. The van der Waals surface area contributed by atoms with Gasteiger partial charge in [-0.2, -0.15) is 0 Å². The number of hydrogen-bond acceptors (Lipinski definition) is 6. The van der Waals surface area contributed by atoms with Crippen molar-refractivity contribution in [2.24, 2.45) is 5.16 Å². The maximum Gasteiger partial charge on any atom is 0.276 e. The quantitative estimate of drug-likeness (QED) is 0.371. The van der Waals surface area contributed by atoms with Crippen molar-refractivity contribution >= 4 is 68.9 Å². The third kappa shape index (κ3) is 5.73. The number of oxime groups is 1. The van der Waals surface area contributed by atoms with E-state index in [1.807, 2.05) is 0 Å². The average molecular weight is 347 g/mol. The molecule has 0 spiro atoms. The zero-order valence-electron chi connectivity index (χ0n) is 9.68. The number of alkyl halides is 1. The topological polar surface area (TPSA) is 80.6 Å². The Morgan fingerprint density at radius 2 is 2.26 bits per heavy atom. The first-order valence-electron chi connectivity index (χ1n) is 4.80. The fourth-order valence-electron chi connectivity index (χ4n) is 0.905. The highest BCUT2D eigenvalue weighted by Gasteiger charge is 2.17. The molecule has 1 aromatic rings. The van der Waals surface area contributed by atoms with Crippen LogP contribution in [0.1, 0.15) is 12.6 Å². The van der Waals surface area contributed by atoms with Gasteiger partial charge in [0.2, 0.25) is 5.91 Å². The second kappa shape index (κ2) is 9.08. The molecule has 1 rings (SSSR count). The van der Waals surface area contributed by atoms with Crippen LogP contribution < -0.4 is 5.32 Å². The molecule has 0 aliphatic carbocycles. The molecule has 106 valence electrons. The summed E-state index contributed by atoms with van der Waals surface area (Å²) in [6.45, 7) is 2.01. The maximum atomic E-state index is 11.1. The standard InChI is InChI=1S/C9H9Cl2N3O3S.ClH/c1-2-17-14-7(8(11)16)5-4-18-9(12-5)13-6(15)3-10;/h4H,2-3H2,1H3,(H,12,13,15);1H/b14-7-;. The van der Waals surface area contributed by atoms with E-state index in [-0.39, 0.29) is 29.7 Å². The van der Waals surface area contributed by atoms with E-state index in [4.69, 9.17) is 28.0 Å². The van der Waals surface area contributed by atoms with E-state index < -0.39 is 11.1 Å².